The monoisotopic (exact) mass is 461 g/mol. The Kier molecular flexibility index (Phi) is 4.80. The van der Waals surface area contributed by atoms with E-state index in [0.29, 0.717) is 16.4 Å². The SMILES string of the molecule is CC1(C)CCc2cc(C3(C)C(=O)N(c4cccc(C(=O)O)c4)c4cc(Cl)ccc43)ccc2O1. The minimum absolute atomic E-state index is 0.117. The number of aromatic carboxylic acids is 1. The Morgan fingerprint density at radius 1 is 1.06 bits per heavy atom. The third-order valence-corrected chi connectivity index (χ3v) is 6.98. The first kappa shape index (κ1) is 21.5. The van der Waals surface area contributed by atoms with E-state index in [4.69, 9.17) is 16.3 Å². The predicted octanol–water partition coefficient (Wildman–Crippen LogP) is 6.13. The third kappa shape index (κ3) is 3.39. The van der Waals surface area contributed by atoms with Crippen LogP contribution in [0.2, 0.25) is 5.02 Å². The molecule has 0 bridgehead atoms. The number of hydrogen-bond donors (Lipinski definition) is 1. The fourth-order valence-corrected chi connectivity index (χ4v) is 5.01. The number of carbonyl (C=O) groups excluding carboxylic acids is 1. The highest BCUT2D eigenvalue weighted by Gasteiger charge is 2.49. The van der Waals surface area contributed by atoms with Crippen LogP contribution in [0.3, 0.4) is 0 Å². The summed E-state index contributed by atoms with van der Waals surface area (Å²) >= 11 is 6.32. The van der Waals surface area contributed by atoms with Gasteiger partial charge in [0.2, 0.25) is 5.91 Å². The summed E-state index contributed by atoms with van der Waals surface area (Å²) < 4.78 is 6.14. The van der Waals surface area contributed by atoms with Crippen molar-refractivity contribution in [3.63, 3.8) is 0 Å². The van der Waals surface area contributed by atoms with Gasteiger partial charge in [0.15, 0.2) is 0 Å². The summed E-state index contributed by atoms with van der Waals surface area (Å²) in [5, 5.41) is 9.96. The van der Waals surface area contributed by atoms with Crippen LogP contribution in [-0.2, 0) is 16.6 Å². The Balaban J connectivity index is 1.66. The van der Waals surface area contributed by atoms with Crippen LogP contribution in [0.15, 0.2) is 60.7 Å². The molecule has 0 spiro atoms. The van der Waals surface area contributed by atoms with E-state index < -0.39 is 11.4 Å². The van der Waals surface area contributed by atoms with Crippen LogP contribution in [0, 0.1) is 0 Å². The zero-order chi connectivity index (χ0) is 23.5. The van der Waals surface area contributed by atoms with Gasteiger partial charge in [-0.1, -0.05) is 35.9 Å². The van der Waals surface area contributed by atoms with Gasteiger partial charge in [-0.3, -0.25) is 9.69 Å². The predicted molar refractivity (Wildman–Crippen MR) is 128 cm³/mol. The van der Waals surface area contributed by atoms with Crippen LogP contribution in [-0.4, -0.2) is 22.6 Å². The van der Waals surface area contributed by atoms with Crippen LogP contribution in [0.5, 0.6) is 5.75 Å². The number of carboxylic acid groups (broad SMARTS) is 1. The van der Waals surface area contributed by atoms with Crippen LogP contribution < -0.4 is 9.64 Å². The first-order valence-corrected chi connectivity index (χ1v) is 11.3. The molecule has 0 saturated heterocycles. The van der Waals surface area contributed by atoms with Crippen molar-refractivity contribution >= 4 is 34.9 Å². The Morgan fingerprint density at radius 2 is 1.85 bits per heavy atom. The van der Waals surface area contributed by atoms with Gasteiger partial charge in [-0.25, -0.2) is 4.79 Å². The number of carbonyl (C=O) groups is 2. The molecule has 3 aromatic rings. The molecule has 6 heteroatoms. The topological polar surface area (TPSA) is 66.8 Å². The van der Waals surface area contributed by atoms with Gasteiger partial charge in [-0.2, -0.15) is 0 Å². The van der Waals surface area contributed by atoms with Gasteiger partial charge >= 0.3 is 5.97 Å². The van der Waals surface area contributed by atoms with Gasteiger partial charge in [0.25, 0.3) is 0 Å². The molecule has 1 unspecified atom stereocenters. The average Bonchev–Trinajstić information content (AvgIpc) is 3.00. The van der Waals surface area contributed by atoms with Crippen molar-refractivity contribution < 1.29 is 19.4 Å². The zero-order valence-electron chi connectivity index (χ0n) is 18.7. The molecule has 0 fully saturated rings. The number of benzene rings is 3. The lowest BCUT2D eigenvalue weighted by Gasteiger charge is -2.34. The number of anilines is 2. The zero-order valence-corrected chi connectivity index (χ0v) is 19.4. The molecule has 0 saturated carbocycles. The van der Waals surface area contributed by atoms with Crippen LogP contribution >= 0.6 is 11.6 Å². The second kappa shape index (κ2) is 7.35. The van der Waals surface area contributed by atoms with Gasteiger partial charge in [0.05, 0.1) is 16.7 Å². The van der Waals surface area contributed by atoms with Crippen LogP contribution in [0.4, 0.5) is 11.4 Å². The molecule has 1 N–H and O–H groups in total. The maximum absolute atomic E-state index is 14.1. The van der Waals surface area contributed by atoms with E-state index in [1.165, 1.54) is 12.1 Å². The van der Waals surface area contributed by atoms with E-state index in [1.807, 2.05) is 25.1 Å². The summed E-state index contributed by atoms with van der Waals surface area (Å²) in [7, 11) is 0. The van der Waals surface area contributed by atoms with E-state index in [-0.39, 0.29) is 17.1 Å². The van der Waals surface area contributed by atoms with Crippen molar-refractivity contribution in [2.45, 2.75) is 44.6 Å². The fourth-order valence-electron chi connectivity index (χ4n) is 4.84. The Morgan fingerprint density at radius 3 is 2.61 bits per heavy atom. The van der Waals surface area contributed by atoms with E-state index in [2.05, 4.69) is 19.9 Å². The molecule has 0 aliphatic carbocycles. The van der Waals surface area contributed by atoms with Gasteiger partial charge in [0.1, 0.15) is 11.4 Å². The van der Waals surface area contributed by atoms with Crippen LogP contribution in [0.1, 0.15) is 54.2 Å². The van der Waals surface area contributed by atoms with E-state index in [1.54, 1.807) is 29.2 Å². The second-order valence-electron chi connectivity index (χ2n) is 9.47. The molecule has 0 radical (unpaired) electrons. The molecule has 2 aliphatic rings. The Hall–Kier alpha value is -3.31. The number of ether oxygens (including phenoxy) is 1. The highest BCUT2D eigenvalue weighted by molar-refractivity contribution is 6.31. The molecule has 1 atom stereocenters. The maximum Gasteiger partial charge on any atom is 0.335 e. The molecule has 5 nitrogen and oxygen atoms in total. The van der Waals surface area contributed by atoms with Crippen molar-refractivity contribution in [1.82, 2.24) is 0 Å². The number of fused-ring (bicyclic) bond motifs is 2. The van der Waals surface area contributed by atoms with Crippen molar-refractivity contribution in [3.05, 3.63) is 87.9 Å². The van der Waals surface area contributed by atoms with Gasteiger partial charge < -0.3 is 9.84 Å². The van der Waals surface area contributed by atoms with Gasteiger partial charge in [-0.15, -0.1) is 0 Å². The lowest BCUT2D eigenvalue weighted by molar-refractivity contribution is -0.120. The first-order chi connectivity index (χ1) is 15.6. The fraction of sp³-hybridized carbons (Fsp3) is 0.259. The van der Waals surface area contributed by atoms with E-state index >= 15 is 0 Å². The molecule has 33 heavy (non-hydrogen) atoms. The number of carboxylic acids is 1. The smallest absolute Gasteiger partial charge is 0.335 e. The number of nitrogens with zero attached hydrogens (tertiary/aromatic N) is 1. The summed E-state index contributed by atoms with van der Waals surface area (Å²) in [6.07, 6.45) is 1.77. The number of amides is 1. The lowest BCUT2D eigenvalue weighted by Crippen LogP contribution is -2.37. The maximum atomic E-state index is 14.1. The highest BCUT2D eigenvalue weighted by atomic mass is 35.5. The minimum atomic E-state index is -1.05. The average molecular weight is 462 g/mol. The van der Waals surface area contributed by atoms with E-state index in [0.717, 1.165) is 35.3 Å². The minimum Gasteiger partial charge on any atom is -0.488 e. The molecule has 5 rings (SSSR count). The molecule has 1 amide bonds. The number of hydrogen-bond acceptors (Lipinski definition) is 3. The summed E-state index contributed by atoms with van der Waals surface area (Å²) in [5.74, 6) is -0.346. The second-order valence-corrected chi connectivity index (χ2v) is 9.90. The molecule has 2 aliphatic heterocycles. The lowest BCUT2D eigenvalue weighted by atomic mass is 9.76. The standard InChI is InChI=1S/C27H24ClNO4/c1-26(2)12-11-16-13-18(7-10-23(16)33-26)27(3)21-9-8-19(28)15-22(21)29(25(27)32)20-6-4-5-17(14-20)24(30)31/h4-10,13-15H,11-12H2,1-3H3,(H,30,31). The van der Waals surface area contributed by atoms with Crippen molar-refractivity contribution in [2.24, 2.45) is 0 Å². The number of halogens is 1. The molecule has 168 valence electrons. The molecule has 3 aromatic carbocycles. The number of rotatable bonds is 3. The quantitative estimate of drug-likeness (QED) is 0.509. The summed E-state index contributed by atoms with van der Waals surface area (Å²) in [6.45, 7) is 6.07. The Labute approximate surface area is 197 Å². The van der Waals surface area contributed by atoms with Gasteiger partial charge in [0, 0.05) is 10.7 Å². The van der Waals surface area contributed by atoms with Crippen molar-refractivity contribution in [3.8, 4) is 5.75 Å². The third-order valence-electron chi connectivity index (χ3n) is 6.74. The molecule has 0 aromatic heterocycles. The summed E-state index contributed by atoms with van der Waals surface area (Å²) in [4.78, 5) is 27.2. The summed E-state index contributed by atoms with van der Waals surface area (Å²) in [5.41, 5.74) is 2.89. The molecule has 2 heterocycles. The van der Waals surface area contributed by atoms with Crippen molar-refractivity contribution in [1.29, 1.82) is 0 Å². The van der Waals surface area contributed by atoms with Gasteiger partial charge in [-0.05, 0) is 86.7 Å². The first-order valence-electron chi connectivity index (χ1n) is 10.9. The van der Waals surface area contributed by atoms with Crippen molar-refractivity contribution in [2.75, 3.05) is 4.90 Å². The van der Waals surface area contributed by atoms with E-state index in [9.17, 15) is 14.7 Å². The molecular formula is C27H24ClNO4. The van der Waals surface area contributed by atoms with Crippen LogP contribution in [0.25, 0.3) is 0 Å². The largest absolute Gasteiger partial charge is 0.488 e. The Bertz CT molecular complexity index is 1320. The normalized spacial score (nSPS) is 20.7. The summed E-state index contributed by atoms with van der Waals surface area (Å²) in [6, 6.07) is 17.8. The number of aryl methyl sites for hydroxylation is 1. The molecular weight excluding hydrogens is 438 g/mol. The highest BCUT2D eigenvalue weighted by Crippen LogP contribution is 2.50.